The Morgan fingerprint density at radius 2 is 1.92 bits per heavy atom. The smallest absolute Gasteiger partial charge is 0.340 e. The van der Waals surface area contributed by atoms with Crippen molar-refractivity contribution in [3.8, 4) is 5.75 Å². The summed E-state index contributed by atoms with van der Waals surface area (Å²) < 4.78 is 13.6. The van der Waals surface area contributed by atoms with Gasteiger partial charge in [0.25, 0.3) is 0 Å². The summed E-state index contributed by atoms with van der Waals surface area (Å²) in [6.07, 6.45) is 15.0. The summed E-state index contributed by atoms with van der Waals surface area (Å²) in [5, 5.41) is 3.26. The van der Waals surface area contributed by atoms with Gasteiger partial charge in [-0.2, -0.15) is 0 Å². The van der Waals surface area contributed by atoms with Gasteiger partial charge in [0.1, 0.15) is 5.75 Å². The second kappa shape index (κ2) is 10.3. The van der Waals surface area contributed by atoms with Gasteiger partial charge in [0, 0.05) is 40.0 Å². The maximum atomic E-state index is 12.9. The predicted octanol–water partition coefficient (Wildman–Crippen LogP) is 5.10. The van der Waals surface area contributed by atoms with Gasteiger partial charge in [-0.1, -0.05) is 25.3 Å². The topological polar surface area (TPSA) is 59.5 Å². The maximum absolute atomic E-state index is 12.9. The van der Waals surface area contributed by atoms with E-state index in [1.54, 1.807) is 7.11 Å². The third kappa shape index (κ3) is 4.17. The zero-order chi connectivity index (χ0) is 26.4. The number of H-pyrrole nitrogens is 1. The van der Waals surface area contributed by atoms with Crippen molar-refractivity contribution in [1.29, 1.82) is 0 Å². The highest BCUT2D eigenvalue weighted by atomic mass is 16.5. The van der Waals surface area contributed by atoms with Gasteiger partial charge in [-0.3, -0.25) is 0 Å². The van der Waals surface area contributed by atoms with Crippen molar-refractivity contribution in [2.24, 2.45) is 5.92 Å². The van der Waals surface area contributed by atoms with Crippen LogP contribution in [0.15, 0.2) is 24.4 Å². The van der Waals surface area contributed by atoms with Gasteiger partial charge in [-0.05, 0) is 94.3 Å². The van der Waals surface area contributed by atoms with E-state index in [2.05, 4.69) is 52.9 Å². The lowest BCUT2D eigenvalue weighted by Crippen LogP contribution is -2.33. The summed E-state index contributed by atoms with van der Waals surface area (Å²) in [7, 11) is 7.57. The molecule has 0 amide bonds. The Labute approximate surface area is 225 Å². The number of esters is 1. The van der Waals surface area contributed by atoms with E-state index < -0.39 is 0 Å². The van der Waals surface area contributed by atoms with Crippen molar-refractivity contribution in [2.75, 3.05) is 34.9 Å². The van der Waals surface area contributed by atoms with E-state index in [0.29, 0.717) is 23.3 Å². The van der Waals surface area contributed by atoms with Gasteiger partial charge < -0.3 is 23.9 Å². The molecule has 2 aliphatic carbocycles. The van der Waals surface area contributed by atoms with Gasteiger partial charge in [-0.15, -0.1) is 0 Å². The molecular weight excluding hydrogens is 474 g/mol. The first kappa shape index (κ1) is 25.3. The van der Waals surface area contributed by atoms with Crippen LogP contribution in [-0.4, -0.2) is 55.3 Å². The lowest BCUT2D eigenvalue weighted by molar-refractivity contribution is 0.0599. The molecule has 0 saturated heterocycles. The van der Waals surface area contributed by atoms with Crippen LogP contribution < -0.4 is 15.3 Å². The molecule has 0 spiro atoms. The van der Waals surface area contributed by atoms with E-state index in [4.69, 9.17) is 9.47 Å². The molecule has 1 aromatic carbocycles. The van der Waals surface area contributed by atoms with Crippen molar-refractivity contribution in [3.63, 3.8) is 0 Å². The van der Waals surface area contributed by atoms with Crippen molar-refractivity contribution in [3.05, 3.63) is 51.8 Å². The Balaban J connectivity index is 1.67. The molecule has 6 nitrogen and oxygen atoms in total. The molecule has 1 unspecified atom stereocenters. The number of aromatic nitrogens is 2. The van der Waals surface area contributed by atoms with Crippen molar-refractivity contribution >= 4 is 28.6 Å². The average Bonchev–Trinajstić information content (AvgIpc) is 3.50. The number of carbonyl (C=O) groups is 1. The van der Waals surface area contributed by atoms with Crippen molar-refractivity contribution < 1.29 is 14.3 Å². The van der Waals surface area contributed by atoms with Gasteiger partial charge in [-0.25, -0.2) is 4.79 Å². The standard InChI is InChI=1S/C32H41N3O3/c1-34(2)16-15-21-11-8-12-23-29(21)27-17-24-28(37-3)14-13-22(20-9-6-5-7-10-20)31(24)35(27)19-26-25(32(36)38-4)18-33-30(23)26/h13-14,17-21,29,33H,5-12,15-16H2,1-4H3/t21?,29-/m1/s1. The third-order valence-corrected chi connectivity index (χ3v) is 9.32. The van der Waals surface area contributed by atoms with Crippen LogP contribution in [-0.2, 0) is 4.74 Å². The van der Waals surface area contributed by atoms with Crippen molar-refractivity contribution in [2.45, 2.75) is 69.6 Å². The number of nitrogens with zero attached hydrogens (tertiary/aromatic N) is 2. The Morgan fingerprint density at radius 1 is 1.11 bits per heavy atom. The Morgan fingerprint density at radius 3 is 2.66 bits per heavy atom. The summed E-state index contributed by atoms with van der Waals surface area (Å²) >= 11 is 0. The first-order chi connectivity index (χ1) is 18.5. The zero-order valence-electron chi connectivity index (χ0n) is 23.3. The number of hydrogen-bond donors (Lipinski definition) is 1. The van der Waals surface area contributed by atoms with Crippen LogP contribution in [0.5, 0.6) is 5.75 Å². The first-order valence-electron chi connectivity index (χ1n) is 14.4. The molecule has 3 aliphatic rings. The molecule has 202 valence electrons. The summed E-state index contributed by atoms with van der Waals surface area (Å²) in [5.41, 5.74) is 6.05. The number of aromatic amines is 1. The molecule has 0 radical (unpaired) electrons. The molecule has 2 atom stereocenters. The fourth-order valence-corrected chi connectivity index (χ4v) is 7.50. The lowest BCUT2D eigenvalue weighted by atomic mass is 9.72. The van der Waals surface area contributed by atoms with Gasteiger partial charge in [0.15, 0.2) is 0 Å². The number of rotatable bonds is 6. The summed E-state index contributed by atoms with van der Waals surface area (Å²) in [5.74, 6) is 2.02. The van der Waals surface area contributed by atoms with Crippen LogP contribution in [0.1, 0.15) is 91.2 Å². The monoisotopic (exact) mass is 515 g/mol. The molecule has 3 heterocycles. The highest BCUT2D eigenvalue weighted by Gasteiger charge is 2.36. The van der Waals surface area contributed by atoms with E-state index in [0.717, 1.165) is 35.7 Å². The summed E-state index contributed by atoms with van der Waals surface area (Å²) in [4.78, 5) is 18.7. The lowest BCUT2D eigenvalue weighted by Gasteiger charge is -2.34. The Kier molecular flexibility index (Phi) is 6.85. The molecular formula is C32H41N3O3. The third-order valence-electron chi connectivity index (χ3n) is 9.32. The maximum Gasteiger partial charge on any atom is 0.340 e. The minimum atomic E-state index is -0.291. The van der Waals surface area contributed by atoms with Gasteiger partial charge in [0.2, 0.25) is 0 Å². The summed E-state index contributed by atoms with van der Waals surface area (Å²) in [6.45, 7) is 1.07. The number of hydrogen-bond acceptors (Lipinski definition) is 4. The number of fused-ring (bicyclic) bond motifs is 6. The summed E-state index contributed by atoms with van der Waals surface area (Å²) in [6, 6.07) is 6.87. The number of carbonyl (C=O) groups excluding carboxylic acids is 1. The van der Waals surface area contributed by atoms with Gasteiger partial charge >= 0.3 is 5.97 Å². The van der Waals surface area contributed by atoms with Crippen LogP contribution >= 0.6 is 0 Å². The van der Waals surface area contributed by atoms with Crippen LogP contribution in [0.2, 0.25) is 0 Å². The largest absolute Gasteiger partial charge is 0.496 e. The first-order valence-corrected chi connectivity index (χ1v) is 14.4. The molecule has 38 heavy (non-hydrogen) atoms. The number of methoxy groups -OCH3 is 2. The highest BCUT2D eigenvalue weighted by molar-refractivity contribution is 5.94. The molecule has 2 saturated carbocycles. The van der Waals surface area contributed by atoms with E-state index in [9.17, 15) is 4.79 Å². The number of nitrogens with one attached hydrogen (secondary N) is 1. The SMILES string of the molecule is COC(=O)c1c[nH]c2c1=Cn1c(cc3c(OC)ccc(C4CCCCC4)c31)[C@H]1C=2CCCC1CCN(C)C. The normalized spacial score (nSPS) is 21.4. The van der Waals surface area contributed by atoms with Crippen LogP contribution in [0.4, 0.5) is 0 Å². The molecule has 2 aromatic heterocycles. The molecule has 6 heteroatoms. The molecule has 3 aromatic rings. The Hall–Kier alpha value is -2.99. The quantitative estimate of drug-likeness (QED) is 0.464. The number of ether oxygens (including phenoxy) is 2. The Bertz CT molecular complexity index is 1470. The molecule has 2 fully saturated rings. The second-order valence-corrected chi connectivity index (χ2v) is 11.8. The minimum Gasteiger partial charge on any atom is -0.496 e. The van der Waals surface area contributed by atoms with E-state index >= 15 is 0 Å². The highest BCUT2D eigenvalue weighted by Crippen LogP contribution is 2.48. The van der Waals surface area contributed by atoms with Crippen molar-refractivity contribution in [1.82, 2.24) is 14.5 Å². The second-order valence-electron chi connectivity index (χ2n) is 11.8. The van der Waals surface area contributed by atoms with E-state index in [1.807, 2.05) is 6.20 Å². The fraction of sp³-hybridized carbons (Fsp3) is 0.531. The predicted molar refractivity (Wildman–Crippen MR) is 152 cm³/mol. The van der Waals surface area contributed by atoms with Crippen LogP contribution in [0.3, 0.4) is 0 Å². The fourth-order valence-electron chi connectivity index (χ4n) is 7.50. The zero-order valence-corrected chi connectivity index (χ0v) is 23.3. The van der Waals surface area contributed by atoms with Gasteiger partial charge in [0.05, 0.1) is 25.3 Å². The number of benzene rings is 1. The molecule has 1 aliphatic heterocycles. The van der Waals surface area contributed by atoms with Crippen LogP contribution in [0, 0.1) is 5.92 Å². The average molecular weight is 516 g/mol. The molecule has 1 N–H and O–H groups in total. The minimum absolute atomic E-state index is 0.291. The van der Waals surface area contributed by atoms with E-state index in [-0.39, 0.29) is 5.97 Å². The molecule has 6 rings (SSSR count). The van der Waals surface area contributed by atoms with Crippen LogP contribution in [0.25, 0.3) is 22.7 Å². The molecule has 0 bridgehead atoms. The van der Waals surface area contributed by atoms with E-state index in [1.165, 1.54) is 79.8 Å².